The summed E-state index contributed by atoms with van der Waals surface area (Å²) in [6.07, 6.45) is -4.88. The molecule has 2 aromatic heterocycles. The van der Waals surface area contributed by atoms with E-state index in [-0.39, 0.29) is 24.0 Å². The largest absolute Gasteiger partial charge is 0.454 e. The number of aryl methyl sites for hydroxylation is 1. The van der Waals surface area contributed by atoms with Crippen LogP contribution in [0.2, 0.25) is 0 Å². The molecule has 0 saturated heterocycles. The SMILES string of the molecule is Cn1nnnc1/C(=N\OCc1nnc(-c2ccc(Oc3ccc(F)cc3F)c(C(F)(F)F)c2)o1)c1ccccc1. The summed E-state index contributed by atoms with van der Waals surface area (Å²) in [5.41, 5.74) is -0.347. The highest BCUT2D eigenvalue weighted by Gasteiger charge is 2.35. The lowest BCUT2D eigenvalue weighted by molar-refractivity contribution is -0.138. The molecule has 0 spiro atoms. The first kappa shape index (κ1) is 26.4. The Kier molecular flexibility index (Phi) is 7.18. The van der Waals surface area contributed by atoms with Crippen LogP contribution in [0.25, 0.3) is 11.5 Å². The molecule has 0 unspecified atom stereocenters. The summed E-state index contributed by atoms with van der Waals surface area (Å²) in [6.45, 7) is -0.314. The second-order valence-corrected chi connectivity index (χ2v) is 8.09. The van der Waals surface area contributed by atoms with Gasteiger partial charge >= 0.3 is 6.18 Å². The number of halogens is 5. The van der Waals surface area contributed by atoms with Crippen LogP contribution in [0.3, 0.4) is 0 Å². The van der Waals surface area contributed by atoms with E-state index < -0.39 is 34.9 Å². The zero-order chi connectivity index (χ0) is 28.3. The van der Waals surface area contributed by atoms with E-state index in [0.717, 1.165) is 18.2 Å². The zero-order valence-corrected chi connectivity index (χ0v) is 20.3. The van der Waals surface area contributed by atoms with E-state index in [9.17, 15) is 22.0 Å². The molecule has 10 nitrogen and oxygen atoms in total. The Labute approximate surface area is 221 Å². The Morgan fingerprint density at radius 3 is 2.42 bits per heavy atom. The topological polar surface area (TPSA) is 113 Å². The number of ether oxygens (including phenoxy) is 1. The van der Waals surface area contributed by atoms with Gasteiger partial charge in [0, 0.05) is 24.2 Å². The van der Waals surface area contributed by atoms with E-state index in [1.54, 1.807) is 31.3 Å². The maximum atomic E-state index is 13.9. The lowest BCUT2D eigenvalue weighted by Crippen LogP contribution is -2.12. The second kappa shape index (κ2) is 10.9. The predicted molar refractivity (Wildman–Crippen MR) is 127 cm³/mol. The number of benzene rings is 3. The molecular weight excluding hydrogens is 541 g/mol. The van der Waals surface area contributed by atoms with Gasteiger partial charge in [-0.2, -0.15) is 13.2 Å². The minimum atomic E-state index is -4.88. The first-order valence-corrected chi connectivity index (χ1v) is 11.3. The highest BCUT2D eigenvalue weighted by Crippen LogP contribution is 2.40. The van der Waals surface area contributed by atoms with E-state index in [1.165, 1.54) is 10.7 Å². The Morgan fingerprint density at radius 1 is 0.950 bits per heavy atom. The monoisotopic (exact) mass is 557 g/mol. The lowest BCUT2D eigenvalue weighted by atomic mass is 10.1. The van der Waals surface area contributed by atoms with Gasteiger partial charge in [0.15, 0.2) is 23.9 Å². The molecular formula is C25H16F5N7O3. The van der Waals surface area contributed by atoms with Crippen LogP contribution in [0, 0.1) is 11.6 Å². The molecule has 15 heteroatoms. The number of tetrazole rings is 1. The van der Waals surface area contributed by atoms with E-state index in [2.05, 4.69) is 30.9 Å². The van der Waals surface area contributed by atoms with Crippen molar-refractivity contribution in [3.63, 3.8) is 0 Å². The van der Waals surface area contributed by atoms with Crippen LogP contribution < -0.4 is 4.74 Å². The molecule has 5 rings (SSSR count). The first-order chi connectivity index (χ1) is 19.2. The summed E-state index contributed by atoms with van der Waals surface area (Å²) in [4.78, 5) is 5.37. The van der Waals surface area contributed by atoms with Gasteiger partial charge in [0.25, 0.3) is 5.89 Å². The van der Waals surface area contributed by atoms with Crippen molar-refractivity contribution in [3.05, 3.63) is 101 Å². The summed E-state index contributed by atoms with van der Waals surface area (Å²) in [6, 6.07) is 14.1. The predicted octanol–water partition coefficient (Wildman–Crippen LogP) is 5.32. The summed E-state index contributed by atoms with van der Waals surface area (Å²) >= 11 is 0. The number of rotatable bonds is 8. The molecule has 204 valence electrons. The quantitative estimate of drug-likeness (QED) is 0.143. The molecule has 0 N–H and O–H groups in total. The molecule has 0 atom stereocenters. The van der Waals surface area contributed by atoms with Crippen molar-refractivity contribution in [2.45, 2.75) is 12.8 Å². The summed E-state index contributed by atoms with van der Waals surface area (Å²) < 4.78 is 80.4. The summed E-state index contributed by atoms with van der Waals surface area (Å²) in [7, 11) is 1.62. The molecule has 0 radical (unpaired) electrons. The van der Waals surface area contributed by atoms with E-state index in [4.69, 9.17) is 14.0 Å². The third-order valence-electron chi connectivity index (χ3n) is 5.34. The lowest BCUT2D eigenvalue weighted by Gasteiger charge is -2.15. The average molecular weight is 557 g/mol. The van der Waals surface area contributed by atoms with Gasteiger partial charge in [-0.05, 0) is 40.8 Å². The molecule has 3 aromatic carbocycles. The molecule has 0 saturated carbocycles. The van der Waals surface area contributed by atoms with Crippen LogP contribution in [-0.4, -0.2) is 36.1 Å². The zero-order valence-electron chi connectivity index (χ0n) is 20.3. The molecule has 0 aliphatic carbocycles. The van der Waals surface area contributed by atoms with Gasteiger partial charge in [0.1, 0.15) is 11.6 Å². The number of hydrogen-bond acceptors (Lipinski definition) is 9. The fraction of sp³-hybridized carbons (Fsp3) is 0.120. The highest BCUT2D eigenvalue weighted by atomic mass is 19.4. The number of alkyl halides is 3. The van der Waals surface area contributed by atoms with E-state index in [0.29, 0.717) is 29.2 Å². The third kappa shape index (κ3) is 5.77. The van der Waals surface area contributed by atoms with Gasteiger partial charge in [-0.1, -0.05) is 35.5 Å². The molecule has 0 bridgehead atoms. The fourth-order valence-electron chi connectivity index (χ4n) is 3.48. The van der Waals surface area contributed by atoms with Gasteiger partial charge in [-0.25, -0.2) is 13.5 Å². The van der Waals surface area contributed by atoms with Crippen LogP contribution >= 0.6 is 0 Å². The molecule has 5 aromatic rings. The number of aromatic nitrogens is 6. The van der Waals surface area contributed by atoms with E-state index in [1.807, 2.05) is 6.07 Å². The number of oxime groups is 1. The van der Waals surface area contributed by atoms with Crippen molar-refractivity contribution in [2.24, 2.45) is 12.2 Å². The second-order valence-electron chi connectivity index (χ2n) is 8.09. The molecule has 40 heavy (non-hydrogen) atoms. The highest BCUT2D eigenvalue weighted by molar-refractivity contribution is 6.10. The van der Waals surface area contributed by atoms with Crippen molar-refractivity contribution < 1.29 is 35.9 Å². The first-order valence-electron chi connectivity index (χ1n) is 11.3. The van der Waals surface area contributed by atoms with E-state index >= 15 is 0 Å². The van der Waals surface area contributed by atoms with Crippen LogP contribution in [0.4, 0.5) is 22.0 Å². The fourth-order valence-corrected chi connectivity index (χ4v) is 3.48. The standard InChI is InChI=1S/C25H16F5N7O3/c1-37-23(32-35-36-37)22(14-5-3-2-4-6-14)34-38-13-21-31-33-24(40-21)15-7-9-19(17(11-15)25(28,29)30)39-20-10-8-16(26)12-18(20)27/h2-12H,13H2,1H3/b34-22-. The summed E-state index contributed by atoms with van der Waals surface area (Å²) in [5, 5.41) is 23.0. The Bertz CT molecular complexity index is 1670. The minimum Gasteiger partial charge on any atom is -0.454 e. The molecule has 0 amide bonds. The minimum absolute atomic E-state index is 0.0791. The van der Waals surface area contributed by atoms with Crippen LogP contribution in [0.15, 0.2) is 76.3 Å². The molecule has 0 aliphatic heterocycles. The number of hydrogen-bond donors (Lipinski definition) is 0. The van der Waals surface area contributed by atoms with Crippen LogP contribution in [0.5, 0.6) is 11.5 Å². The van der Waals surface area contributed by atoms with Crippen molar-refractivity contribution in [1.29, 1.82) is 0 Å². The average Bonchev–Trinajstić information content (AvgIpc) is 3.57. The van der Waals surface area contributed by atoms with Gasteiger partial charge in [0.2, 0.25) is 11.7 Å². The van der Waals surface area contributed by atoms with Gasteiger partial charge < -0.3 is 14.0 Å². The molecule has 0 aliphatic rings. The van der Waals surface area contributed by atoms with Crippen molar-refractivity contribution in [3.8, 4) is 23.0 Å². The van der Waals surface area contributed by atoms with Gasteiger partial charge in [-0.15, -0.1) is 15.3 Å². The maximum Gasteiger partial charge on any atom is 0.420 e. The molecule has 2 heterocycles. The van der Waals surface area contributed by atoms with Gasteiger partial charge in [0.05, 0.1) is 5.56 Å². The molecule has 0 fully saturated rings. The Hall–Kier alpha value is -5.21. The summed E-state index contributed by atoms with van der Waals surface area (Å²) in [5.74, 6) is -3.35. The van der Waals surface area contributed by atoms with Gasteiger partial charge in [-0.3, -0.25) is 0 Å². The smallest absolute Gasteiger partial charge is 0.420 e. The van der Waals surface area contributed by atoms with Crippen LogP contribution in [-0.2, 0) is 24.7 Å². The van der Waals surface area contributed by atoms with Crippen molar-refractivity contribution in [1.82, 2.24) is 30.4 Å². The third-order valence-corrected chi connectivity index (χ3v) is 5.34. The van der Waals surface area contributed by atoms with Crippen molar-refractivity contribution >= 4 is 5.71 Å². The normalized spacial score (nSPS) is 12.0. The number of nitrogens with zero attached hydrogens (tertiary/aromatic N) is 7. The Balaban J connectivity index is 1.36. The Morgan fingerprint density at radius 2 is 1.73 bits per heavy atom. The van der Waals surface area contributed by atoms with Crippen molar-refractivity contribution in [2.75, 3.05) is 0 Å². The van der Waals surface area contributed by atoms with Crippen LogP contribution in [0.1, 0.15) is 22.8 Å². The maximum absolute atomic E-state index is 13.9.